The Kier molecular flexibility index (Phi) is 9.73. The zero-order valence-corrected chi connectivity index (χ0v) is 21.9. The molecular weight excluding hydrogens is 508 g/mol. The van der Waals surface area contributed by atoms with Crippen LogP contribution >= 0.6 is 15.9 Å². The number of hydrogen-bond acceptors (Lipinski definition) is 4. The number of ether oxygens (including phenoxy) is 2. The number of methoxy groups -OCH3 is 2. The van der Waals surface area contributed by atoms with Gasteiger partial charge < -0.3 is 19.7 Å². The number of benzene rings is 3. The SMILES string of the molecule is CNC(=O)C(Cc1ccccc1)N(Cc1cccc(Br)c1)C(=O)CCc1ccc(OC)c(OC)c1. The summed E-state index contributed by atoms with van der Waals surface area (Å²) in [5, 5.41) is 2.75. The Bertz CT molecular complexity index is 1140. The Hall–Kier alpha value is -3.32. The minimum absolute atomic E-state index is 0.0932. The fraction of sp³-hybridized carbons (Fsp3) is 0.286. The van der Waals surface area contributed by atoms with Crippen LogP contribution in [0.2, 0.25) is 0 Å². The van der Waals surface area contributed by atoms with Crippen molar-refractivity contribution in [1.29, 1.82) is 0 Å². The molecule has 0 aliphatic heterocycles. The first-order chi connectivity index (χ1) is 16.9. The van der Waals surface area contributed by atoms with Crippen LogP contribution in [0.15, 0.2) is 77.3 Å². The molecule has 0 saturated carbocycles. The van der Waals surface area contributed by atoms with E-state index in [4.69, 9.17) is 9.47 Å². The maximum atomic E-state index is 13.6. The Labute approximate surface area is 215 Å². The maximum absolute atomic E-state index is 13.6. The molecule has 6 nitrogen and oxygen atoms in total. The Morgan fingerprint density at radius 1 is 0.886 bits per heavy atom. The molecule has 0 bridgehead atoms. The van der Waals surface area contributed by atoms with E-state index in [9.17, 15) is 9.59 Å². The minimum atomic E-state index is -0.640. The van der Waals surface area contributed by atoms with Gasteiger partial charge in [0, 0.05) is 30.9 Å². The van der Waals surface area contributed by atoms with Crippen molar-refractivity contribution in [1.82, 2.24) is 10.2 Å². The molecule has 35 heavy (non-hydrogen) atoms. The molecule has 0 fully saturated rings. The number of carbonyl (C=O) groups excluding carboxylic acids is 2. The average molecular weight is 539 g/mol. The van der Waals surface area contributed by atoms with Gasteiger partial charge in [0.15, 0.2) is 11.5 Å². The largest absolute Gasteiger partial charge is 0.493 e. The summed E-state index contributed by atoms with van der Waals surface area (Å²) < 4.78 is 11.6. The van der Waals surface area contributed by atoms with Crippen LogP contribution < -0.4 is 14.8 Å². The van der Waals surface area contributed by atoms with E-state index < -0.39 is 6.04 Å². The van der Waals surface area contributed by atoms with Crippen LogP contribution in [0.4, 0.5) is 0 Å². The summed E-state index contributed by atoms with van der Waals surface area (Å²) in [6.45, 7) is 0.328. The molecule has 0 spiro atoms. The van der Waals surface area contributed by atoms with Crippen molar-refractivity contribution < 1.29 is 19.1 Å². The van der Waals surface area contributed by atoms with Gasteiger partial charge in [-0.05, 0) is 47.4 Å². The topological polar surface area (TPSA) is 67.9 Å². The summed E-state index contributed by atoms with van der Waals surface area (Å²) in [4.78, 5) is 28.3. The Morgan fingerprint density at radius 3 is 2.26 bits per heavy atom. The van der Waals surface area contributed by atoms with Gasteiger partial charge >= 0.3 is 0 Å². The van der Waals surface area contributed by atoms with Crippen molar-refractivity contribution in [2.45, 2.75) is 31.8 Å². The fourth-order valence-corrected chi connectivity index (χ4v) is 4.43. The number of hydrogen-bond donors (Lipinski definition) is 1. The molecule has 184 valence electrons. The van der Waals surface area contributed by atoms with E-state index in [1.54, 1.807) is 26.2 Å². The smallest absolute Gasteiger partial charge is 0.242 e. The number of likely N-dealkylation sites (N-methyl/N-ethyl adjacent to an activating group) is 1. The highest BCUT2D eigenvalue weighted by molar-refractivity contribution is 9.10. The third kappa shape index (κ3) is 7.33. The zero-order chi connectivity index (χ0) is 25.2. The van der Waals surface area contributed by atoms with Crippen molar-refractivity contribution in [3.8, 4) is 11.5 Å². The molecule has 3 aromatic rings. The monoisotopic (exact) mass is 538 g/mol. The van der Waals surface area contributed by atoms with Gasteiger partial charge in [0.2, 0.25) is 11.8 Å². The highest BCUT2D eigenvalue weighted by atomic mass is 79.9. The summed E-state index contributed by atoms with van der Waals surface area (Å²) in [5.74, 6) is 0.977. The van der Waals surface area contributed by atoms with Gasteiger partial charge in [-0.1, -0.05) is 64.5 Å². The molecule has 3 rings (SSSR count). The molecule has 3 aromatic carbocycles. The van der Waals surface area contributed by atoms with E-state index in [0.717, 1.165) is 21.2 Å². The summed E-state index contributed by atoms with van der Waals surface area (Å²) in [6, 6.07) is 22.6. The summed E-state index contributed by atoms with van der Waals surface area (Å²) >= 11 is 3.50. The number of nitrogens with one attached hydrogen (secondary N) is 1. The first-order valence-electron chi connectivity index (χ1n) is 11.5. The van der Waals surface area contributed by atoms with Crippen molar-refractivity contribution in [3.63, 3.8) is 0 Å². The normalized spacial score (nSPS) is 11.4. The van der Waals surface area contributed by atoms with Gasteiger partial charge in [-0.15, -0.1) is 0 Å². The van der Waals surface area contributed by atoms with Crippen LogP contribution in [-0.4, -0.2) is 44.0 Å². The van der Waals surface area contributed by atoms with E-state index >= 15 is 0 Å². The lowest BCUT2D eigenvalue weighted by Gasteiger charge is -2.31. The third-order valence-electron chi connectivity index (χ3n) is 5.83. The van der Waals surface area contributed by atoms with Crippen LogP contribution in [0.25, 0.3) is 0 Å². The molecule has 0 heterocycles. The first kappa shape index (κ1) is 26.3. The van der Waals surface area contributed by atoms with Crippen molar-refractivity contribution in [2.24, 2.45) is 0 Å². The lowest BCUT2D eigenvalue weighted by Crippen LogP contribution is -2.49. The second-order valence-electron chi connectivity index (χ2n) is 8.16. The summed E-state index contributed by atoms with van der Waals surface area (Å²) in [5.41, 5.74) is 2.90. The predicted octanol–water partition coefficient (Wildman–Crippen LogP) is 4.79. The molecule has 0 aliphatic carbocycles. The van der Waals surface area contributed by atoms with Crippen LogP contribution in [0.5, 0.6) is 11.5 Å². The molecule has 0 aromatic heterocycles. The molecule has 7 heteroatoms. The number of nitrogens with zero attached hydrogens (tertiary/aromatic N) is 1. The van der Waals surface area contributed by atoms with Gasteiger partial charge in [-0.25, -0.2) is 0 Å². The second kappa shape index (κ2) is 13.0. The second-order valence-corrected chi connectivity index (χ2v) is 9.08. The van der Waals surface area contributed by atoms with Crippen LogP contribution in [0.1, 0.15) is 23.1 Å². The molecular formula is C28H31BrN2O4. The van der Waals surface area contributed by atoms with Crippen LogP contribution in [-0.2, 0) is 29.0 Å². The van der Waals surface area contributed by atoms with E-state index in [1.807, 2.05) is 72.8 Å². The summed E-state index contributed by atoms with van der Waals surface area (Å²) in [6.07, 6.45) is 1.20. The third-order valence-corrected chi connectivity index (χ3v) is 6.33. The van der Waals surface area contributed by atoms with E-state index in [0.29, 0.717) is 30.9 Å². The fourth-order valence-electron chi connectivity index (χ4n) is 3.98. The standard InChI is InChI=1S/C28H31BrN2O4/c1-30-28(33)24(17-20-8-5-4-6-9-20)31(19-22-10-7-11-23(29)16-22)27(32)15-13-21-12-14-25(34-2)26(18-21)35-3/h4-12,14,16,18,24H,13,15,17,19H2,1-3H3,(H,30,33). The van der Waals surface area contributed by atoms with Gasteiger partial charge in [0.25, 0.3) is 0 Å². The van der Waals surface area contributed by atoms with E-state index in [2.05, 4.69) is 21.2 Å². The molecule has 1 unspecified atom stereocenters. The minimum Gasteiger partial charge on any atom is -0.493 e. The van der Waals surface area contributed by atoms with Crippen molar-refractivity contribution in [2.75, 3.05) is 21.3 Å². The van der Waals surface area contributed by atoms with Gasteiger partial charge in [-0.2, -0.15) is 0 Å². The van der Waals surface area contributed by atoms with Crippen LogP contribution in [0, 0.1) is 0 Å². The average Bonchev–Trinajstić information content (AvgIpc) is 2.89. The quantitative estimate of drug-likeness (QED) is 0.381. The number of carbonyl (C=O) groups is 2. The van der Waals surface area contributed by atoms with E-state index in [-0.39, 0.29) is 18.2 Å². The molecule has 2 amide bonds. The number of amides is 2. The predicted molar refractivity (Wildman–Crippen MR) is 141 cm³/mol. The number of aryl methyl sites for hydroxylation is 1. The van der Waals surface area contributed by atoms with Crippen molar-refractivity contribution >= 4 is 27.7 Å². The molecule has 0 saturated heterocycles. The molecule has 0 aliphatic rings. The lowest BCUT2D eigenvalue weighted by atomic mass is 10.0. The number of rotatable bonds is 11. The van der Waals surface area contributed by atoms with Gasteiger partial charge in [0.05, 0.1) is 14.2 Å². The number of halogens is 1. The van der Waals surface area contributed by atoms with E-state index in [1.165, 1.54) is 0 Å². The van der Waals surface area contributed by atoms with Gasteiger partial charge in [-0.3, -0.25) is 9.59 Å². The summed E-state index contributed by atoms with van der Waals surface area (Å²) in [7, 11) is 4.78. The lowest BCUT2D eigenvalue weighted by molar-refractivity contribution is -0.141. The van der Waals surface area contributed by atoms with Gasteiger partial charge in [0.1, 0.15) is 6.04 Å². The highest BCUT2D eigenvalue weighted by Crippen LogP contribution is 2.28. The van der Waals surface area contributed by atoms with Crippen LogP contribution in [0.3, 0.4) is 0 Å². The molecule has 1 atom stereocenters. The Morgan fingerprint density at radius 2 is 1.60 bits per heavy atom. The molecule has 1 N–H and O–H groups in total. The first-order valence-corrected chi connectivity index (χ1v) is 12.2. The van der Waals surface area contributed by atoms with Crippen molar-refractivity contribution in [3.05, 3.63) is 94.0 Å². The molecule has 0 radical (unpaired) electrons. The Balaban J connectivity index is 1.87. The highest BCUT2D eigenvalue weighted by Gasteiger charge is 2.29. The maximum Gasteiger partial charge on any atom is 0.242 e. The zero-order valence-electron chi connectivity index (χ0n) is 20.3.